The summed E-state index contributed by atoms with van der Waals surface area (Å²) in [5.41, 5.74) is 6.87. The van der Waals surface area contributed by atoms with Gasteiger partial charge in [0.2, 0.25) is 0 Å². The number of nitrogens with two attached hydrogens (primary N) is 1. The van der Waals surface area contributed by atoms with Gasteiger partial charge in [0.05, 0.1) is 19.0 Å². The number of ether oxygens (including phenoxy) is 1. The Morgan fingerprint density at radius 3 is 3.06 bits per heavy atom. The van der Waals surface area contributed by atoms with E-state index in [9.17, 15) is 5.11 Å². The zero-order valence-electron chi connectivity index (χ0n) is 8.45. The summed E-state index contributed by atoms with van der Waals surface area (Å²) in [7, 11) is 0. The van der Waals surface area contributed by atoms with E-state index in [-0.39, 0.29) is 6.23 Å². The summed E-state index contributed by atoms with van der Waals surface area (Å²) in [6.07, 6.45) is 2.88. The van der Waals surface area contributed by atoms with Crippen LogP contribution in [-0.4, -0.2) is 37.3 Å². The van der Waals surface area contributed by atoms with Gasteiger partial charge in [0, 0.05) is 6.42 Å². The predicted molar refractivity (Wildman–Crippen MR) is 55.3 cm³/mol. The molecule has 7 nitrogen and oxygen atoms in total. The first-order valence-electron chi connectivity index (χ1n) is 4.98. The summed E-state index contributed by atoms with van der Waals surface area (Å²) in [5, 5.41) is 9.41. The third-order valence-corrected chi connectivity index (χ3v) is 2.65. The van der Waals surface area contributed by atoms with Crippen LogP contribution in [0.25, 0.3) is 11.2 Å². The maximum Gasteiger partial charge on any atom is 0.167 e. The minimum Gasteiger partial charge on any atom is -0.391 e. The van der Waals surface area contributed by atoms with Crippen molar-refractivity contribution < 1.29 is 9.84 Å². The highest BCUT2D eigenvalue weighted by Crippen LogP contribution is 2.27. The van der Waals surface area contributed by atoms with Crippen LogP contribution in [0.2, 0.25) is 0 Å². The first-order chi connectivity index (χ1) is 7.75. The molecule has 0 saturated carbocycles. The van der Waals surface area contributed by atoms with Gasteiger partial charge in [0.1, 0.15) is 18.1 Å². The minimum absolute atomic E-state index is 0.228. The number of nitrogen functional groups attached to an aromatic ring is 1. The topological polar surface area (TPSA) is 99.1 Å². The van der Waals surface area contributed by atoms with E-state index in [1.807, 2.05) is 0 Å². The number of aliphatic hydroxyl groups is 1. The summed E-state index contributed by atoms with van der Waals surface area (Å²) >= 11 is 0. The molecular formula is C9H11N5O2. The molecule has 0 radical (unpaired) electrons. The molecule has 0 amide bonds. The van der Waals surface area contributed by atoms with Crippen molar-refractivity contribution in [2.24, 2.45) is 0 Å². The van der Waals surface area contributed by atoms with Gasteiger partial charge in [-0.2, -0.15) is 0 Å². The second-order valence-electron chi connectivity index (χ2n) is 3.76. The molecule has 0 aromatic carbocycles. The molecule has 2 unspecified atom stereocenters. The number of fused-ring (bicyclic) bond motifs is 1. The smallest absolute Gasteiger partial charge is 0.167 e. The summed E-state index contributed by atoms with van der Waals surface area (Å²) in [5.74, 6) is 0.349. The maximum atomic E-state index is 9.41. The SMILES string of the molecule is Nc1ncnc2c1ncn2C1CC(O)CO1. The van der Waals surface area contributed by atoms with E-state index in [0.29, 0.717) is 30.0 Å². The third kappa shape index (κ3) is 1.33. The highest BCUT2D eigenvalue weighted by Gasteiger charge is 2.26. The zero-order chi connectivity index (χ0) is 11.1. The Bertz CT molecular complexity index is 526. The minimum atomic E-state index is -0.429. The predicted octanol–water partition coefficient (Wildman–Crippen LogP) is -0.312. The quantitative estimate of drug-likeness (QED) is 0.685. The molecule has 1 fully saturated rings. The Hall–Kier alpha value is -1.73. The van der Waals surface area contributed by atoms with Gasteiger partial charge in [-0.25, -0.2) is 15.0 Å². The average molecular weight is 221 g/mol. The molecule has 1 aliphatic rings. The maximum absolute atomic E-state index is 9.41. The van der Waals surface area contributed by atoms with Gasteiger partial charge in [0.25, 0.3) is 0 Å². The lowest BCUT2D eigenvalue weighted by Gasteiger charge is -2.10. The van der Waals surface area contributed by atoms with Gasteiger partial charge in [-0.15, -0.1) is 0 Å². The van der Waals surface area contributed by atoms with Crippen molar-refractivity contribution in [3.8, 4) is 0 Å². The van der Waals surface area contributed by atoms with Crippen LogP contribution in [-0.2, 0) is 4.74 Å². The van der Waals surface area contributed by atoms with Gasteiger partial charge >= 0.3 is 0 Å². The first-order valence-corrected chi connectivity index (χ1v) is 4.98. The fraction of sp³-hybridized carbons (Fsp3) is 0.444. The number of hydrogen-bond acceptors (Lipinski definition) is 6. The highest BCUT2D eigenvalue weighted by molar-refractivity contribution is 5.81. The number of rotatable bonds is 1. The molecular weight excluding hydrogens is 210 g/mol. The molecule has 0 bridgehead atoms. The van der Waals surface area contributed by atoms with Gasteiger partial charge in [-0.1, -0.05) is 0 Å². The van der Waals surface area contributed by atoms with E-state index in [1.165, 1.54) is 6.33 Å². The lowest BCUT2D eigenvalue weighted by Crippen LogP contribution is -2.08. The van der Waals surface area contributed by atoms with Crippen molar-refractivity contribution in [3.63, 3.8) is 0 Å². The van der Waals surface area contributed by atoms with E-state index in [4.69, 9.17) is 10.5 Å². The van der Waals surface area contributed by atoms with E-state index >= 15 is 0 Å². The van der Waals surface area contributed by atoms with Crippen LogP contribution >= 0.6 is 0 Å². The molecule has 0 aliphatic carbocycles. The molecule has 2 atom stereocenters. The monoisotopic (exact) mass is 221 g/mol. The van der Waals surface area contributed by atoms with Gasteiger partial charge in [-0.05, 0) is 0 Å². The Labute approximate surface area is 90.9 Å². The highest BCUT2D eigenvalue weighted by atomic mass is 16.5. The number of aromatic nitrogens is 4. The molecule has 84 valence electrons. The molecule has 3 heterocycles. The van der Waals surface area contributed by atoms with Crippen LogP contribution in [0.1, 0.15) is 12.6 Å². The fourth-order valence-corrected chi connectivity index (χ4v) is 1.87. The summed E-state index contributed by atoms with van der Waals surface area (Å²) < 4.78 is 7.20. The molecule has 2 aromatic rings. The Morgan fingerprint density at radius 2 is 2.31 bits per heavy atom. The second-order valence-corrected chi connectivity index (χ2v) is 3.76. The molecule has 0 spiro atoms. The number of anilines is 1. The van der Waals surface area contributed by atoms with Gasteiger partial charge in [-0.3, -0.25) is 4.57 Å². The molecule has 7 heteroatoms. The van der Waals surface area contributed by atoms with Crippen LogP contribution in [0.5, 0.6) is 0 Å². The van der Waals surface area contributed by atoms with Crippen molar-refractivity contribution in [1.82, 2.24) is 19.5 Å². The van der Waals surface area contributed by atoms with Crippen LogP contribution in [0, 0.1) is 0 Å². The van der Waals surface area contributed by atoms with E-state index in [2.05, 4.69) is 15.0 Å². The van der Waals surface area contributed by atoms with Crippen molar-refractivity contribution in [2.45, 2.75) is 18.8 Å². The number of nitrogens with zero attached hydrogens (tertiary/aromatic N) is 4. The summed E-state index contributed by atoms with van der Waals surface area (Å²) in [6.45, 7) is 0.338. The van der Waals surface area contributed by atoms with Gasteiger partial charge in [0.15, 0.2) is 11.5 Å². The summed E-state index contributed by atoms with van der Waals surface area (Å²) in [4.78, 5) is 12.1. The van der Waals surface area contributed by atoms with Crippen molar-refractivity contribution in [2.75, 3.05) is 12.3 Å². The van der Waals surface area contributed by atoms with Crippen molar-refractivity contribution in [3.05, 3.63) is 12.7 Å². The Kier molecular flexibility index (Phi) is 2.01. The van der Waals surface area contributed by atoms with Crippen LogP contribution < -0.4 is 5.73 Å². The molecule has 2 aromatic heterocycles. The first kappa shape index (κ1) is 9.49. The standard InChI is InChI=1S/C9H11N5O2/c10-8-7-9(12-3-11-8)14(4-13-7)6-1-5(15)2-16-6/h3-6,15H,1-2H2,(H2,10,11,12). The molecule has 3 N–H and O–H groups in total. The van der Waals surface area contributed by atoms with Crippen LogP contribution in [0.15, 0.2) is 12.7 Å². The van der Waals surface area contributed by atoms with Crippen molar-refractivity contribution >= 4 is 17.0 Å². The third-order valence-electron chi connectivity index (χ3n) is 2.65. The fourth-order valence-electron chi connectivity index (χ4n) is 1.87. The largest absolute Gasteiger partial charge is 0.391 e. The second kappa shape index (κ2) is 3.39. The zero-order valence-corrected chi connectivity index (χ0v) is 8.45. The average Bonchev–Trinajstić information content (AvgIpc) is 2.84. The van der Waals surface area contributed by atoms with E-state index < -0.39 is 6.10 Å². The molecule has 16 heavy (non-hydrogen) atoms. The van der Waals surface area contributed by atoms with Crippen LogP contribution in [0.4, 0.5) is 5.82 Å². The van der Waals surface area contributed by atoms with Gasteiger partial charge < -0.3 is 15.6 Å². The number of hydrogen-bond donors (Lipinski definition) is 2. The lowest BCUT2D eigenvalue weighted by molar-refractivity contribution is 0.0502. The molecule has 1 saturated heterocycles. The Balaban J connectivity index is 2.08. The number of imidazole rings is 1. The van der Waals surface area contributed by atoms with Crippen LogP contribution in [0.3, 0.4) is 0 Å². The molecule has 3 rings (SSSR count). The normalized spacial score (nSPS) is 25.3. The Morgan fingerprint density at radius 1 is 1.44 bits per heavy atom. The van der Waals surface area contributed by atoms with E-state index in [1.54, 1.807) is 10.9 Å². The van der Waals surface area contributed by atoms with Crippen molar-refractivity contribution in [1.29, 1.82) is 0 Å². The number of aliphatic hydroxyl groups excluding tert-OH is 1. The molecule has 1 aliphatic heterocycles. The van der Waals surface area contributed by atoms with E-state index in [0.717, 1.165) is 0 Å². The lowest BCUT2D eigenvalue weighted by atomic mass is 10.3. The summed E-state index contributed by atoms with van der Waals surface area (Å²) in [6, 6.07) is 0.